The first-order chi connectivity index (χ1) is 8.67. The molecule has 6 nitrogen and oxygen atoms in total. The van der Waals surface area contributed by atoms with Crippen LogP contribution in [-0.2, 0) is 16.2 Å². The fraction of sp³-hybridized carbons (Fsp3) is 0.417. The molecular weight excluding hydrogens is 236 g/mol. The molecule has 0 saturated carbocycles. The lowest BCUT2D eigenvalue weighted by Gasteiger charge is -2.11. The van der Waals surface area contributed by atoms with E-state index in [4.69, 9.17) is 20.0 Å². The Morgan fingerprint density at radius 3 is 2.78 bits per heavy atom. The summed E-state index contributed by atoms with van der Waals surface area (Å²) in [7, 11) is 1.59. The van der Waals surface area contributed by atoms with E-state index in [9.17, 15) is 4.79 Å². The van der Waals surface area contributed by atoms with Crippen LogP contribution in [0.1, 0.15) is 12.5 Å². The van der Waals surface area contributed by atoms with Gasteiger partial charge in [-0.3, -0.25) is 9.63 Å². The van der Waals surface area contributed by atoms with Gasteiger partial charge in [0.2, 0.25) is 5.91 Å². The molecule has 3 N–H and O–H groups in total. The quantitative estimate of drug-likeness (QED) is 0.524. The Bertz CT molecular complexity index is 396. The first-order valence-corrected chi connectivity index (χ1v) is 5.60. The van der Waals surface area contributed by atoms with Gasteiger partial charge >= 0.3 is 0 Å². The summed E-state index contributed by atoms with van der Waals surface area (Å²) in [5.41, 5.74) is 8.52. The predicted octanol–water partition coefficient (Wildman–Crippen LogP) is 0.600. The highest BCUT2D eigenvalue weighted by molar-refractivity contribution is 5.74. The second-order valence-corrected chi connectivity index (χ2v) is 3.49. The Labute approximate surface area is 106 Å². The topological polar surface area (TPSA) is 82.8 Å². The fourth-order valence-corrected chi connectivity index (χ4v) is 1.36. The molecule has 0 aromatic heterocycles. The third kappa shape index (κ3) is 4.60. The summed E-state index contributed by atoms with van der Waals surface area (Å²) in [4.78, 5) is 15.3. The van der Waals surface area contributed by atoms with Crippen LogP contribution >= 0.6 is 0 Å². The largest absolute Gasteiger partial charge is 0.493 e. The maximum absolute atomic E-state index is 10.5. The van der Waals surface area contributed by atoms with Gasteiger partial charge in [-0.25, -0.2) is 0 Å². The highest BCUT2D eigenvalue weighted by Gasteiger charge is 2.05. The normalized spacial score (nSPS) is 10.1. The Kier molecular flexibility index (Phi) is 5.96. The average Bonchev–Trinajstić information content (AvgIpc) is 2.35. The zero-order valence-corrected chi connectivity index (χ0v) is 10.6. The number of carbonyl (C=O) groups excluding carboxylic acids is 1. The van der Waals surface area contributed by atoms with Gasteiger partial charge in [0.05, 0.1) is 13.7 Å². The molecule has 0 aliphatic heterocycles. The van der Waals surface area contributed by atoms with Crippen molar-refractivity contribution < 1.29 is 19.1 Å². The van der Waals surface area contributed by atoms with Gasteiger partial charge in [-0.05, 0) is 24.6 Å². The molecule has 18 heavy (non-hydrogen) atoms. The summed E-state index contributed by atoms with van der Waals surface area (Å²) in [6.07, 6.45) is 0. The van der Waals surface area contributed by atoms with E-state index in [1.54, 1.807) is 7.11 Å². The molecule has 0 atom stereocenters. The number of carbonyl (C=O) groups is 1. The summed E-state index contributed by atoms with van der Waals surface area (Å²) in [5, 5.41) is 0. The molecule has 0 saturated heterocycles. The molecule has 0 aliphatic carbocycles. The van der Waals surface area contributed by atoms with E-state index < -0.39 is 5.91 Å². The molecule has 1 aromatic carbocycles. The van der Waals surface area contributed by atoms with Crippen molar-refractivity contribution in [3.05, 3.63) is 23.8 Å². The third-order valence-corrected chi connectivity index (χ3v) is 2.12. The van der Waals surface area contributed by atoms with Gasteiger partial charge in [0.1, 0.15) is 6.61 Å². The summed E-state index contributed by atoms with van der Waals surface area (Å²) in [6, 6.07) is 5.54. The SMILES string of the molecule is CCOc1cc(CNOCC(N)=O)ccc1OC. The van der Waals surface area contributed by atoms with Crippen molar-refractivity contribution >= 4 is 5.91 Å². The van der Waals surface area contributed by atoms with Crippen molar-refractivity contribution in [3.63, 3.8) is 0 Å². The number of nitrogens with one attached hydrogen (secondary N) is 1. The van der Waals surface area contributed by atoms with E-state index >= 15 is 0 Å². The van der Waals surface area contributed by atoms with Crippen LogP contribution in [0.2, 0.25) is 0 Å². The van der Waals surface area contributed by atoms with Gasteiger partial charge in [0.25, 0.3) is 0 Å². The summed E-state index contributed by atoms with van der Waals surface area (Å²) in [6.45, 7) is 2.75. The highest BCUT2D eigenvalue weighted by atomic mass is 16.6. The van der Waals surface area contributed by atoms with Gasteiger partial charge < -0.3 is 15.2 Å². The van der Waals surface area contributed by atoms with Crippen LogP contribution in [0.3, 0.4) is 0 Å². The van der Waals surface area contributed by atoms with E-state index in [-0.39, 0.29) is 6.61 Å². The van der Waals surface area contributed by atoms with Crippen molar-refractivity contribution in [2.24, 2.45) is 5.73 Å². The zero-order valence-electron chi connectivity index (χ0n) is 10.6. The van der Waals surface area contributed by atoms with Gasteiger partial charge in [-0.2, -0.15) is 5.48 Å². The van der Waals surface area contributed by atoms with E-state index in [0.717, 1.165) is 5.56 Å². The Hall–Kier alpha value is -1.79. The minimum Gasteiger partial charge on any atom is -0.493 e. The van der Waals surface area contributed by atoms with Gasteiger partial charge in [-0.15, -0.1) is 0 Å². The number of methoxy groups -OCH3 is 1. The number of ether oxygens (including phenoxy) is 2. The van der Waals surface area contributed by atoms with Crippen LogP contribution in [0.5, 0.6) is 11.5 Å². The molecule has 1 aromatic rings. The molecule has 1 rings (SSSR count). The third-order valence-electron chi connectivity index (χ3n) is 2.12. The zero-order chi connectivity index (χ0) is 13.4. The molecule has 0 spiro atoms. The number of primary amides is 1. The minimum absolute atomic E-state index is 0.158. The molecular formula is C12H18N2O4. The first-order valence-electron chi connectivity index (χ1n) is 5.60. The number of amides is 1. The minimum atomic E-state index is -0.521. The molecule has 0 fully saturated rings. The van der Waals surface area contributed by atoms with Crippen LogP contribution in [0.25, 0.3) is 0 Å². The lowest BCUT2D eigenvalue weighted by Crippen LogP contribution is -2.24. The maximum Gasteiger partial charge on any atom is 0.245 e. The smallest absolute Gasteiger partial charge is 0.245 e. The number of rotatable bonds is 8. The molecule has 0 aliphatic rings. The van der Waals surface area contributed by atoms with Crippen molar-refractivity contribution in [3.8, 4) is 11.5 Å². The predicted molar refractivity (Wildman–Crippen MR) is 66.1 cm³/mol. The standard InChI is InChI=1S/C12H18N2O4/c1-3-17-11-6-9(4-5-10(11)16-2)7-14-18-8-12(13)15/h4-6,14H,3,7-8H2,1-2H3,(H2,13,15). The number of hydrogen-bond acceptors (Lipinski definition) is 5. The number of hydroxylamine groups is 1. The second-order valence-electron chi connectivity index (χ2n) is 3.49. The van der Waals surface area contributed by atoms with Gasteiger partial charge in [0.15, 0.2) is 11.5 Å². The van der Waals surface area contributed by atoms with E-state index in [1.807, 2.05) is 25.1 Å². The molecule has 0 radical (unpaired) electrons. The summed E-state index contributed by atoms with van der Waals surface area (Å²) in [5.74, 6) is 0.833. The van der Waals surface area contributed by atoms with Crippen molar-refractivity contribution in [2.45, 2.75) is 13.5 Å². The van der Waals surface area contributed by atoms with Crippen LogP contribution in [0.4, 0.5) is 0 Å². The van der Waals surface area contributed by atoms with Gasteiger partial charge in [0, 0.05) is 6.54 Å². The van der Waals surface area contributed by atoms with E-state index in [0.29, 0.717) is 24.7 Å². The van der Waals surface area contributed by atoms with Crippen molar-refractivity contribution in [1.82, 2.24) is 5.48 Å². The van der Waals surface area contributed by atoms with Gasteiger partial charge in [-0.1, -0.05) is 6.07 Å². The molecule has 0 heterocycles. The monoisotopic (exact) mass is 254 g/mol. The number of nitrogens with two attached hydrogens (primary N) is 1. The van der Waals surface area contributed by atoms with Crippen LogP contribution in [0, 0.1) is 0 Å². The molecule has 100 valence electrons. The fourth-order valence-electron chi connectivity index (χ4n) is 1.36. The van der Waals surface area contributed by atoms with Crippen molar-refractivity contribution in [1.29, 1.82) is 0 Å². The molecule has 0 unspecified atom stereocenters. The molecule has 6 heteroatoms. The second kappa shape index (κ2) is 7.52. The first kappa shape index (κ1) is 14.3. The summed E-state index contributed by atoms with van der Waals surface area (Å²) < 4.78 is 10.6. The number of hydrogen-bond donors (Lipinski definition) is 2. The van der Waals surface area contributed by atoms with Crippen LogP contribution in [-0.4, -0.2) is 26.2 Å². The molecule has 0 bridgehead atoms. The highest BCUT2D eigenvalue weighted by Crippen LogP contribution is 2.27. The van der Waals surface area contributed by atoms with Crippen LogP contribution < -0.4 is 20.7 Å². The van der Waals surface area contributed by atoms with E-state index in [1.165, 1.54) is 0 Å². The maximum atomic E-state index is 10.5. The lowest BCUT2D eigenvalue weighted by molar-refractivity contribution is -0.125. The average molecular weight is 254 g/mol. The lowest BCUT2D eigenvalue weighted by atomic mass is 10.2. The van der Waals surface area contributed by atoms with Crippen molar-refractivity contribution in [2.75, 3.05) is 20.3 Å². The summed E-state index contributed by atoms with van der Waals surface area (Å²) >= 11 is 0. The van der Waals surface area contributed by atoms with E-state index in [2.05, 4.69) is 5.48 Å². The van der Waals surface area contributed by atoms with Crippen LogP contribution in [0.15, 0.2) is 18.2 Å². The number of benzene rings is 1. The molecule has 1 amide bonds. The Morgan fingerprint density at radius 1 is 1.39 bits per heavy atom. The Balaban J connectivity index is 2.55. The Morgan fingerprint density at radius 2 is 2.17 bits per heavy atom.